The summed E-state index contributed by atoms with van der Waals surface area (Å²) in [5.74, 6) is 3.67. The summed E-state index contributed by atoms with van der Waals surface area (Å²) in [6.07, 6.45) is 0. The van der Waals surface area contributed by atoms with Gasteiger partial charge in [0.2, 0.25) is 0 Å². The first-order chi connectivity index (χ1) is 30.0. The second-order valence-corrected chi connectivity index (χ2v) is 20.3. The van der Waals surface area contributed by atoms with Crippen LogP contribution in [-0.4, -0.2) is 47.7 Å². The molecule has 14 nitrogen and oxygen atoms in total. The van der Waals surface area contributed by atoms with Crippen LogP contribution in [0.4, 0.5) is 17.1 Å². The zero-order valence-electron chi connectivity index (χ0n) is 34.6. The summed E-state index contributed by atoms with van der Waals surface area (Å²) in [5, 5.41) is 5.32. The molecule has 64 heavy (non-hydrogen) atoms. The number of anilines is 3. The first-order valence-electron chi connectivity index (χ1n) is 19.2. The van der Waals surface area contributed by atoms with E-state index in [9.17, 15) is 44.5 Å². The van der Waals surface area contributed by atoms with E-state index in [1.807, 2.05) is 31.2 Å². The number of hydrogen-bond acceptors (Lipinski definition) is 13. The lowest BCUT2D eigenvalue weighted by Gasteiger charge is -2.33. The minimum atomic E-state index is -4.98. The Kier molecular flexibility index (Phi) is 11.8. The van der Waals surface area contributed by atoms with Gasteiger partial charge in [0.05, 0.1) is 15.5 Å². The minimum absolute atomic E-state index is 0.00897. The molecule has 0 bridgehead atoms. The number of fused-ring (bicyclic) bond motifs is 2. The van der Waals surface area contributed by atoms with Gasteiger partial charge in [0, 0.05) is 78.0 Å². The number of hydrogen-bond donors (Lipinski definition) is 2. The van der Waals surface area contributed by atoms with Gasteiger partial charge in [-0.25, -0.2) is 16.8 Å². The van der Waals surface area contributed by atoms with Gasteiger partial charge < -0.3 is 29.5 Å². The van der Waals surface area contributed by atoms with Gasteiger partial charge in [-0.3, -0.25) is 18.6 Å². The Morgan fingerprint density at radius 1 is 0.812 bits per heavy atom. The van der Waals surface area contributed by atoms with Crippen molar-refractivity contribution in [2.45, 2.75) is 48.5 Å². The summed E-state index contributed by atoms with van der Waals surface area (Å²) in [7, 11) is -12.6. The van der Waals surface area contributed by atoms with E-state index in [1.54, 1.807) is 54.3 Å². The van der Waals surface area contributed by atoms with E-state index in [1.165, 1.54) is 36.6 Å². The number of nitrogens with zero attached hydrogens (tertiary/aromatic N) is 1. The quantitative estimate of drug-likeness (QED) is 0.0356. The summed E-state index contributed by atoms with van der Waals surface area (Å²) in [6.45, 7) is 12.5. The molecule has 0 spiro atoms. The van der Waals surface area contributed by atoms with Gasteiger partial charge in [0.1, 0.15) is 31.6 Å². The molecule has 5 aromatic carbocycles. The van der Waals surface area contributed by atoms with Gasteiger partial charge in [0.25, 0.3) is 5.91 Å². The molecular weight excluding hydrogens is 879 g/mol. The molecular formula is C47H39N3O11S3-2. The molecule has 5 aromatic rings. The second kappa shape index (κ2) is 16.7. The average Bonchev–Trinajstić information content (AvgIpc) is 3.23. The first kappa shape index (κ1) is 45.1. The van der Waals surface area contributed by atoms with Crippen LogP contribution in [0, 0.1) is 6.92 Å². The molecule has 1 aliphatic carbocycles. The maximum Gasteiger partial charge on any atom is 0.250 e. The lowest BCUT2D eigenvalue weighted by Crippen LogP contribution is -2.27. The van der Waals surface area contributed by atoms with Crippen LogP contribution in [0.3, 0.4) is 0 Å². The Hall–Kier alpha value is -6.89. The molecule has 328 valence electrons. The van der Waals surface area contributed by atoms with Crippen LogP contribution in [0.15, 0.2) is 145 Å². The van der Waals surface area contributed by atoms with E-state index in [0.717, 1.165) is 28.1 Å². The van der Waals surface area contributed by atoms with Gasteiger partial charge >= 0.3 is 0 Å². The number of amides is 1. The van der Waals surface area contributed by atoms with E-state index in [0.29, 0.717) is 60.8 Å². The highest BCUT2D eigenvalue weighted by Gasteiger charge is 2.26. The normalized spacial score (nSPS) is 13.5. The molecule has 0 fully saturated rings. The van der Waals surface area contributed by atoms with Crippen molar-refractivity contribution in [3.8, 4) is 22.5 Å². The molecule has 0 saturated carbocycles. The lowest BCUT2D eigenvalue weighted by atomic mass is 9.89. The van der Waals surface area contributed by atoms with Crippen LogP contribution in [0.2, 0.25) is 0 Å². The molecule has 3 N–H and O–H groups in total. The van der Waals surface area contributed by atoms with E-state index >= 15 is 0 Å². The maximum absolute atomic E-state index is 12.6. The van der Waals surface area contributed by atoms with Crippen molar-refractivity contribution in [3.05, 3.63) is 154 Å². The van der Waals surface area contributed by atoms with E-state index in [2.05, 4.69) is 24.3 Å². The molecule has 0 radical (unpaired) electrons. The largest absolute Gasteiger partial charge is 0.744 e. The van der Waals surface area contributed by atoms with E-state index in [-0.39, 0.29) is 35.6 Å². The molecule has 17 heteroatoms. The molecule has 8 rings (SSSR count). The van der Waals surface area contributed by atoms with Crippen molar-refractivity contribution in [2.75, 3.05) is 16.0 Å². The Bertz CT molecular complexity index is 3530. The van der Waals surface area contributed by atoms with Gasteiger partial charge in [-0.1, -0.05) is 37.4 Å². The molecule has 1 atom stereocenters. The zero-order chi connectivity index (χ0) is 46.6. The standard InChI is InChI=1S/C26H21NO4.C21H20N2O7S3/c1-14(2)26(30)27-17-6-9-19(22(12-17)16(4)28)25-20-8-5-15(3)11-23(20)31-24-13-18(29)7-10-21(24)25;1-3-31(2,24)16-6-4-5-15(9-16)23-11-13-7-17(32(25,26)27)10-18-20(13)14(12-23)8-19(21(18)22)33(28,29)30/h5-13H,1H2,2-4H3,(H,27,30);3-10H,1-2,11-12,22H2,(H,25,26,27)(H,28,29,30)/p-2. The van der Waals surface area contributed by atoms with Crippen LogP contribution >= 0.6 is 0 Å². The number of rotatable bonds is 9. The zero-order valence-corrected chi connectivity index (χ0v) is 37.0. The monoisotopic (exact) mass is 917 g/mol. The summed E-state index contributed by atoms with van der Waals surface area (Å²) in [4.78, 5) is 37.5. The number of nitrogens with two attached hydrogens (primary N) is 1. The molecule has 2 heterocycles. The van der Waals surface area contributed by atoms with Gasteiger partial charge in [-0.05, 0) is 126 Å². The number of Topliss-reactive ketones (excluding diaryl/α,β-unsaturated/α-hetero) is 1. The topological polar surface area (TPSA) is 237 Å². The van der Waals surface area contributed by atoms with Crippen LogP contribution in [0.1, 0.15) is 40.9 Å². The molecule has 2 aliphatic heterocycles. The fraction of sp³-hybridized carbons (Fsp3) is 0.106. The lowest BCUT2D eigenvalue weighted by molar-refractivity contribution is -0.112. The van der Waals surface area contributed by atoms with Gasteiger partial charge in [0.15, 0.2) is 11.2 Å². The summed E-state index contributed by atoms with van der Waals surface area (Å²) in [5.41, 5.74) is 12.0. The smallest absolute Gasteiger partial charge is 0.250 e. The Labute approximate surface area is 369 Å². The molecule has 1 unspecified atom stereocenters. The predicted octanol–water partition coefficient (Wildman–Crippen LogP) is 7.56. The van der Waals surface area contributed by atoms with Crippen LogP contribution in [0.25, 0.3) is 44.2 Å². The Morgan fingerprint density at radius 2 is 1.50 bits per heavy atom. The van der Waals surface area contributed by atoms with Crippen molar-refractivity contribution < 1.29 is 44.2 Å². The average molecular weight is 918 g/mol. The van der Waals surface area contributed by atoms with Crippen LogP contribution in [-0.2, 0) is 47.6 Å². The highest BCUT2D eigenvalue weighted by molar-refractivity contribution is 8.03. The number of benzene rings is 6. The van der Waals surface area contributed by atoms with Crippen molar-refractivity contribution in [2.24, 2.45) is 0 Å². The van der Waals surface area contributed by atoms with Gasteiger partial charge in [-0.15, -0.1) is 0 Å². The Balaban J connectivity index is 0.000000192. The van der Waals surface area contributed by atoms with E-state index in [4.69, 9.17) is 10.2 Å². The highest BCUT2D eigenvalue weighted by atomic mass is 32.2. The maximum atomic E-state index is 12.6. The first-order valence-corrected chi connectivity index (χ1v) is 23.8. The SMILES string of the molecule is C=C(C)C(=O)Nc1ccc(-c2c3ccc(=O)cc-3oc3cc(C)ccc23)c(C(C)=O)c1.C=CS(=C)(=O)c1cccc(N2Cc3cc(S(=O)(=O)[O-])cc4c(N)c(S(=O)(=O)[O-])cc(c34)C2)c1. The molecule has 0 saturated heterocycles. The number of nitrogen functional groups attached to an aromatic ring is 1. The fourth-order valence-electron chi connectivity index (χ4n) is 7.58. The fourth-order valence-corrected chi connectivity index (χ4v) is 9.62. The molecule has 1 amide bonds. The number of carbonyl (C=O) groups excluding carboxylic acids is 2. The summed E-state index contributed by atoms with van der Waals surface area (Å²) >= 11 is 0. The van der Waals surface area contributed by atoms with E-state index < -0.39 is 45.2 Å². The van der Waals surface area contributed by atoms with Crippen molar-refractivity contribution >= 4 is 86.1 Å². The number of ketones is 1. The predicted molar refractivity (Wildman–Crippen MR) is 247 cm³/mol. The van der Waals surface area contributed by atoms with Crippen molar-refractivity contribution in [3.63, 3.8) is 0 Å². The number of carbonyl (C=O) groups is 2. The minimum Gasteiger partial charge on any atom is -0.744 e. The summed E-state index contributed by atoms with van der Waals surface area (Å²) in [6, 6.07) is 25.7. The third kappa shape index (κ3) is 8.84. The van der Waals surface area contributed by atoms with Crippen LogP contribution in [0.5, 0.6) is 0 Å². The molecule has 0 aromatic heterocycles. The third-order valence-electron chi connectivity index (χ3n) is 10.7. The number of nitrogens with one attached hydrogen (secondary N) is 1. The Morgan fingerprint density at radius 3 is 2.14 bits per heavy atom. The van der Waals surface area contributed by atoms with Gasteiger partial charge in [-0.2, -0.15) is 0 Å². The molecule has 3 aliphatic rings. The number of aryl methyl sites for hydroxylation is 1. The second-order valence-electron chi connectivity index (χ2n) is 15.3. The highest BCUT2D eigenvalue weighted by Crippen LogP contribution is 2.43. The summed E-state index contributed by atoms with van der Waals surface area (Å²) < 4.78 is 89.3. The third-order valence-corrected chi connectivity index (χ3v) is 13.9. The van der Waals surface area contributed by atoms with Crippen molar-refractivity contribution in [1.82, 2.24) is 0 Å². The van der Waals surface area contributed by atoms with Crippen molar-refractivity contribution in [1.29, 1.82) is 0 Å². The van der Waals surface area contributed by atoms with Crippen LogP contribution < -0.4 is 21.4 Å².